The Morgan fingerprint density at radius 3 is 2.70 bits per heavy atom. The van der Waals surface area contributed by atoms with Gasteiger partial charge in [-0.1, -0.05) is 12.1 Å². The highest BCUT2D eigenvalue weighted by atomic mass is 19.1. The molecule has 0 saturated carbocycles. The van der Waals surface area contributed by atoms with Gasteiger partial charge >= 0.3 is 5.97 Å². The molecule has 0 bridgehead atoms. The third kappa shape index (κ3) is 2.99. The number of carbonyl (C=O) groups is 1. The van der Waals surface area contributed by atoms with Crippen LogP contribution < -0.4 is 5.73 Å². The maximum atomic E-state index is 13.4. The highest BCUT2D eigenvalue weighted by molar-refractivity contribution is 5.81. The standard InChI is InChI=1S/C15H20FNO3/c16-13-3-1-2-12(8-13)15(10-17,14(18)19)9-11-4-6-20-7-5-11/h1-3,8,11H,4-7,9-10,17H2,(H,18,19). The molecule has 1 unspecified atom stereocenters. The number of hydrogen-bond acceptors (Lipinski definition) is 3. The van der Waals surface area contributed by atoms with Crippen LogP contribution in [0.4, 0.5) is 4.39 Å². The van der Waals surface area contributed by atoms with Gasteiger partial charge in [0, 0.05) is 19.8 Å². The number of benzene rings is 1. The number of carboxylic acid groups (broad SMARTS) is 1. The van der Waals surface area contributed by atoms with E-state index in [-0.39, 0.29) is 12.5 Å². The zero-order valence-electron chi connectivity index (χ0n) is 11.3. The second-order valence-electron chi connectivity index (χ2n) is 5.36. The molecule has 0 aliphatic carbocycles. The molecule has 3 N–H and O–H groups in total. The van der Waals surface area contributed by atoms with Gasteiger partial charge in [-0.05, 0) is 42.9 Å². The number of carboxylic acids is 1. The Hall–Kier alpha value is -1.46. The molecule has 1 saturated heterocycles. The number of hydrogen-bond donors (Lipinski definition) is 2. The molecule has 0 aromatic heterocycles. The van der Waals surface area contributed by atoms with Gasteiger partial charge in [-0.15, -0.1) is 0 Å². The van der Waals surface area contributed by atoms with E-state index >= 15 is 0 Å². The summed E-state index contributed by atoms with van der Waals surface area (Å²) < 4.78 is 18.7. The van der Waals surface area contributed by atoms with E-state index in [4.69, 9.17) is 10.5 Å². The summed E-state index contributed by atoms with van der Waals surface area (Å²) >= 11 is 0. The van der Waals surface area contributed by atoms with Crippen molar-refractivity contribution in [1.29, 1.82) is 0 Å². The average Bonchev–Trinajstić information content (AvgIpc) is 2.45. The fourth-order valence-corrected chi connectivity index (χ4v) is 2.85. The van der Waals surface area contributed by atoms with E-state index < -0.39 is 17.2 Å². The van der Waals surface area contributed by atoms with Crippen LogP contribution in [0.1, 0.15) is 24.8 Å². The van der Waals surface area contributed by atoms with Crippen LogP contribution in [-0.4, -0.2) is 30.8 Å². The summed E-state index contributed by atoms with van der Waals surface area (Å²) in [5.74, 6) is -1.18. The topological polar surface area (TPSA) is 72.5 Å². The summed E-state index contributed by atoms with van der Waals surface area (Å²) in [4.78, 5) is 11.8. The molecule has 0 spiro atoms. The van der Waals surface area contributed by atoms with Crippen LogP contribution in [0.15, 0.2) is 24.3 Å². The Morgan fingerprint density at radius 1 is 1.45 bits per heavy atom. The fraction of sp³-hybridized carbons (Fsp3) is 0.533. The van der Waals surface area contributed by atoms with E-state index in [1.54, 1.807) is 6.07 Å². The second kappa shape index (κ2) is 6.33. The van der Waals surface area contributed by atoms with Gasteiger partial charge in [0.15, 0.2) is 0 Å². The van der Waals surface area contributed by atoms with E-state index in [2.05, 4.69) is 0 Å². The Balaban J connectivity index is 2.31. The fourth-order valence-electron chi connectivity index (χ4n) is 2.85. The summed E-state index contributed by atoms with van der Waals surface area (Å²) in [7, 11) is 0. The van der Waals surface area contributed by atoms with Crippen LogP contribution in [0.3, 0.4) is 0 Å². The molecule has 5 heteroatoms. The van der Waals surface area contributed by atoms with Gasteiger partial charge in [-0.3, -0.25) is 4.79 Å². The summed E-state index contributed by atoms with van der Waals surface area (Å²) in [5, 5.41) is 9.67. The van der Waals surface area contributed by atoms with Crippen molar-refractivity contribution in [2.45, 2.75) is 24.7 Å². The monoisotopic (exact) mass is 281 g/mol. The maximum absolute atomic E-state index is 13.4. The number of aliphatic carboxylic acids is 1. The zero-order valence-corrected chi connectivity index (χ0v) is 11.3. The van der Waals surface area contributed by atoms with Crippen molar-refractivity contribution in [3.63, 3.8) is 0 Å². The second-order valence-corrected chi connectivity index (χ2v) is 5.36. The minimum Gasteiger partial charge on any atom is -0.481 e. The van der Waals surface area contributed by atoms with Gasteiger partial charge in [0.2, 0.25) is 0 Å². The lowest BCUT2D eigenvalue weighted by atomic mass is 9.72. The van der Waals surface area contributed by atoms with Gasteiger partial charge in [-0.25, -0.2) is 4.39 Å². The zero-order chi connectivity index (χ0) is 14.6. The smallest absolute Gasteiger partial charge is 0.315 e. The molecule has 1 aliphatic rings. The van der Waals surface area contributed by atoms with E-state index in [1.165, 1.54) is 18.2 Å². The van der Waals surface area contributed by atoms with Gasteiger partial charge < -0.3 is 15.6 Å². The van der Waals surface area contributed by atoms with Crippen molar-refractivity contribution in [2.24, 2.45) is 11.7 Å². The maximum Gasteiger partial charge on any atom is 0.315 e. The molecule has 1 aliphatic heterocycles. The average molecular weight is 281 g/mol. The minimum atomic E-state index is -1.22. The van der Waals surface area contributed by atoms with Crippen LogP contribution in [0, 0.1) is 11.7 Å². The Labute approximate surface area is 117 Å². The lowest BCUT2D eigenvalue weighted by molar-refractivity contribution is -0.144. The quantitative estimate of drug-likeness (QED) is 0.865. The first kappa shape index (κ1) is 14.9. The molecule has 110 valence electrons. The van der Waals surface area contributed by atoms with E-state index in [0.29, 0.717) is 25.2 Å². The number of halogens is 1. The van der Waals surface area contributed by atoms with E-state index in [0.717, 1.165) is 12.8 Å². The predicted octanol–water partition coefficient (Wildman–Crippen LogP) is 1.92. The van der Waals surface area contributed by atoms with Gasteiger partial charge in [0.25, 0.3) is 0 Å². The Bertz CT molecular complexity index is 474. The summed E-state index contributed by atoms with van der Waals surface area (Å²) in [5.41, 5.74) is 5.00. The van der Waals surface area contributed by atoms with Crippen molar-refractivity contribution in [3.8, 4) is 0 Å². The predicted molar refractivity (Wildman–Crippen MR) is 72.9 cm³/mol. The van der Waals surface area contributed by atoms with Crippen LogP contribution in [0.5, 0.6) is 0 Å². The van der Waals surface area contributed by atoms with Crippen molar-refractivity contribution in [2.75, 3.05) is 19.8 Å². The normalized spacial score (nSPS) is 19.5. The lowest BCUT2D eigenvalue weighted by Gasteiger charge is -2.34. The number of nitrogens with two attached hydrogens (primary N) is 1. The van der Waals surface area contributed by atoms with Gasteiger partial charge in [0.05, 0.1) is 0 Å². The third-order valence-electron chi connectivity index (χ3n) is 4.11. The highest BCUT2D eigenvalue weighted by Crippen LogP contribution is 2.35. The molecule has 1 heterocycles. The summed E-state index contributed by atoms with van der Waals surface area (Å²) in [6, 6.07) is 5.76. The van der Waals surface area contributed by atoms with Crippen molar-refractivity contribution in [3.05, 3.63) is 35.6 Å². The molecule has 1 fully saturated rings. The lowest BCUT2D eigenvalue weighted by Crippen LogP contribution is -2.45. The van der Waals surface area contributed by atoms with Crippen LogP contribution in [0.25, 0.3) is 0 Å². The first-order chi connectivity index (χ1) is 9.58. The van der Waals surface area contributed by atoms with Crippen molar-refractivity contribution < 1.29 is 19.0 Å². The molecule has 1 atom stereocenters. The minimum absolute atomic E-state index is 0.0385. The summed E-state index contributed by atoms with van der Waals surface area (Å²) in [6.07, 6.45) is 2.07. The number of rotatable bonds is 5. The van der Waals surface area contributed by atoms with Gasteiger partial charge in [0.1, 0.15) is 11.2 Å². The molecule has 0 radical (unpaired) electrons. The highest BCUT2D eigenvalue weighted by Gasteiger charge is 2.41. The molecule has 0 amide bonds. The summed E-state index contributed by atoms with van der Waals surface area (Å²) in [6.45, 7) is 1.26. The van der Waals surface area contributed by atoms with Crippen molar-refractivity contribution >= 4 is 5.97 Å². The van der Waals surface area contributed by atoms with Crippen LogP contribution in [0.2, 0.25) is 0 Å². The SMILES string of the molecule is NCC(CC1CCOCC1)(C(=O)O)c1cccc(F)c1. The largest absolute Gasteiger partial charge is 0.481 e. The first-order valence-electron chi connectivity index (χ1n) is 6.86. The van der Waals surface area contributed by atoms with Gasteiger partial charge in [-0.2, -0.15) is 0 Å². The molecule has 20 heavy (non-hydrogen) atoms. The van der Waals surface area contributed by atoms with E-state index in [9.17, 15) is 14.3 Å². The molecular weight excluding hydrogens is 261 g/mol. The molecule has 2 rings (SSSR count). The Kier molecular flexibility index (Phi) is 4.73. The third-order valence-corrected chi connectivity index (χ3v) is 4.11. The van der Waals surface area contributed by atoms with Crippen LogP contribution >= 0.6 is 0 Å². The molecular formula is C15H20FNO3. The van der Waals surface area contributed by atoms with E-state index in [1.807, 2.05) is 0 Å². The Morgan fingerprint density at radius 2 is 2.15 bits per heavy atom. The molecule has 1 aromatic carbocycles. The van der Waals surface area contributed by atoms with Crippen LogP contribution in [-0.2, 0) is 14.9 Å². The molecule has 1 aromatic rings. The van der Waals surface area contributed by atoms with Crippen molar-refractivity contribution in [1.82, 2.24) is 0 Å². The molecule has 4 nitrogen and oxygen atoms in total. The number of ether oxygens (including phenoxy) is 1. The first-order valence-corrected chi connectivity index (χ1v) is 6.86.